The van der Waals surface area contributed by atoms with Crippen molar-refractivity contribution in [3.8, 4) is 11.4 Å². The Kier molecular flexibility index (Phi) is 2.81. The molecule has 1 aromatic carbocycles. The summed E-state index contributed by atoms with van der Waals surface area (Å²) in [4.78, 5) is 4.51. The molecule has 4 heteroatoms. The number of nitrogens with zero attached hydrogens (tertiary/aromatic N) is 2. The Hall–Kier alpha value is -1.42. The zero-order chi connectivity index (χ0) is 11.7. The van der Waals surface area contributed by atoms with Crippen LogP contribution in [0, 0.1) is 0 Å². The van der Waals surface area contributed by atoms with Crippen LogP contribution in [0.15, 0.2) is 24.3 Å². The fraction of sp³-hybridized carbons (Fsp3) is 0.385. The van der Waals surface area contributed by atoms with Gasteiger partial charge in [0.15, 0.2) is 5.82 Å². The summed E-state index contributed by atoms with van der Waals surface area (Å²) in [6.07, 6.45) is 3.60. The summed E-state index contributed by atoms with van der Waals surface area (Å²) >= 11 is 1.45. The Morgan fingerprint density at radius 3 is 2.71 bits per heavy atom. The second-order valence-electron chi connectivity index (χ2n) is 4.39. The smallest absolute Gasteiger partial charge is 0.203 e. The minimum absolute atomic E-state index is 0.637. The quantitative estimate of drug-likeness (QED) is 0.897. The summed E-state index contributed by atoms with van der Waals surface area (Å²) in [7, 11) is 0. The van der Waals surface area contributed by atoms with Crippen LogP contribution < -0.4 is 5.32 Å². The Morgan fingerprint density at radius 2 is 2.06 bits per heavy atom. The molecule has 2 aromatic rings. The van der Waals surface area contributed by atoms with Crippen molar-refractivity contribution in [2.24, 2.45) is 0 Å². The molecule has 0 spiro atoms. The molecule has 17 heavy (non-hydrogen) atoms. The molecule has 1 aliphatic rings. The van der Waals surface area contributed by atoms with Crippen LogP contribution in [-0.4, -0.2) is 15.4 Å². The van der Waals surface area contributed by atoms with E-state index in [-0.39, 0.29) is 0 Å². The molecule has 0 unspecified atom stereocenters. The number of aromatic nitrogens is 2. The van der Waals surface area contributed by atoms with E-state index in [0.29, 0.717) is 6.04 Å². The molecular formula is C13H15N3S. The lowest BCUT2D eigenvalue weighted by Gasteiger charge is -1.98. The zero-order valence-electron chi connectivity index (χ0n) is 9.81. The Balaban J connectivity index is 1.79. The minimum Gasteiger partial charge on any atom is -0.358 e. The van der Waals surface area contributed by atoms with Crippen LogP contribution in [0.4, 0.5) is 5.13 Å². The molecule has 1 aromatic heterocycles. The largest absolute Gasteiger partial charge is 0.358 e. The molecular weight excluding hydrogens is 230 g/mol. The van der Waals surface area contributed by atoms with Crippen LogP contribution in [0.25, 0.3) is 11.4 Å². The van der Waals surface area contributed by atoms with Crippen molar-refractivity contribution in [3.05, 3.63) is 29.8 Å². The van der Waals surface area contributed by atoms with Gasteiger partial charge in [-0.15, -0.1) is 0 Å². The molecule has 1 saturated carbocycles. The van der Waals surface area contributed by atoms with Gasteiger partial charge in [-0.05, 0) is 24.8 Å². The van der Waals surface area contributed by atoms with E-state index in [1.54, 1.807) is 0 Å². The first-order chi connectivity index (χ1) is 8.35. The third kappa shape index (κ3) is 2.47. The number of benzene rings is 1. The molecule has 0 saturated heterocycles. The van der Waals surface area contributed by atoms with E-state index in [2.05, 4.69) is 45.9 Å². The van der Waals surface area contributed by atoms with Crippen molar-refractivity contribution < 1.29 is 0 Å². The van der Waals surface area contributed by atoms with Gasteiger partial charge in [-0.1, -0.05) is 31.2 Å². The average molecular weight is 245 g/mol. The maximum Gasteiger partial charge on any atom is 0.203 e. The molecule has 0 bridgehead atoms. The number of aryl methyl sites for hydroxylation is 1. The van der Waals surface area contributed by atoms with Gasteiger partial charge in [-0.2, -0.15) is 9.36 Å². The highest BCUT2D eigenvalue weighted by Gasteiger charge is 2.22. The minimum atomic E-state index is 0.637. The molecule has 0 radical (unpaired) electrons. The van der Waals surface area contributed by atoms with Crippen LogP contribution in [0.1, 0.15) is 25.3 Å². The van der Waals surface area contributed by atoms with E-state index in [4.69, 9.17) is 0 Å². The second-order valence-corrected chi connectivity index (χ2v) is 5.14. The van der Waals surface area contributed by atoms with Gasteiger partial charge < -0.3 is 5.32 Å². The van der Waals surface area contributed by atoms with Crippen LogP contribution in [0.5, 0.6) is 0 Å². The van der Waals surface area contributed by atoms with Crippen LogP contribution in [0.2, 0.25) is 0 Å². The molecule has 0 atom stereocenters. The van der Waals surface area contributed by atoms with Gasteiger partial charge in [0.2, 0.25) is 5.13 Å². The first-order valence-corrected chi connectivity index (χ1v) is 6.82. The lowest BCUT2D eigenvalue weighted by atomic mass is 10.1. The first-order valence-electron chi connectivity index (χ1n) is 6.04. The van der Waals surface area contributed by atoms with E-state index in [0.717, 1.165) is 22.9 Å². The lowest BCUT2D eigenvalue weighted by Crippen LogP contribution is -1.99. The van der Waals surface area contributed by atoms with E-state index in [9.17, 15) is 0 Å². The highest BCUT2D eigenvalue weighted by molar-refractivity contribution is 7.09. The normalized spacial score (nSPS) is 14.9. The van der Waals surface area contributed by atoms with Gasteiger partial charge in [0.05, 0.1) is 0 Å². The van der Waals surface area contributed by atoms with Gasteiger partial charge in [0.1, 0.15) is 0 Å². The number of nitrogens with one attached hydrogen (secondary N) is 1. The van der Waals surface area contributed by atoms with Crippen LogP contribution in [-0.2, 0) is 6.42 Å². The summed E-state index contributed by atoms with van der Waals surface area (Å²) in [5, 5.41) is 4.32. The predicted molar refractivity (Wildman–Crippen MR) is 71.4 cm³/mol. The van der Waals surface area contributed by atoms with Gasteiger partial charge >= 0.3 is 0 Å². The molecule has 1 aliphatic carbocycles. The summed E-state index contributed by atoms with van der Waals surface area (Å²) < 4.78 is 4.39. The molecule has 88 valence electrons. The van der Waals surface area contributed by atoms with Gasteiger partial charge in [-0.25, -0.2) is 0 Å². The second kappa shape index (κ2) is 4.45. The third-order valence-corrected chi connectivity index (χ3v) is 3.60. The number of hydrogen-bond donors (Lipinski definition) is 1. The van der Waals surface area contributed by atoms with Crippen molar-refractivity contribution in [2.45, 2.75) is 32.2 Å². The van der Waals surface area contributed by atoms with E-state index >= 15 is 0 Å². The van der Waals surface area contributed by atoms with Gasteiger partial charge in [0.25, 0.3) is 0 Å². The molecule has 1 N–H and O–H groups in total. The van der Waals surface area contributed by atoms with E-state index < -0.39 is 0 Å². The van der Waals surface area contributed by atoms with Gasteiger partial charge in [0, 0.05) is 23.1 Å². The zero-order valence-corrected chi connectivity index (χ0v) is 10.6. The van der Waals surface area contributed by atoms with Crippen molar-refractivity contribution in [1.29, 1.82) is 0 Å². The number of hydrogen-bond acceptors (Lipinski definition) is 4. The Bertz CT molecular complexity index is 500. The lowest BCUT2D eigenvalue weighted by molar-refractivity contribution is 1.13. The predicted octanol–water partition coefficient (Wildman–Crippen LogP) is 3.34. The Labute approximate surface area is 105 Å². The number of anilines is 1. The summed E-state index contributed by atoms with van der Waals surface area (Å²) in [5.74, 6) is 0.834. The van der Waals surface area contributed by atoms with Crippen LogP contribution in [0.3, 0.4) is 0 Å². The van der Waals surface area contributed by atoms with Crippen molar-refractivity contribution in [1.82, 2.24) is 9.36 Å². The molecule has 0 aliphatic heterocycles. The molecule has 3 rings (SSSR count). The summed E-state index contributed by atoms with van der Waals surface area (Å²) in [6, 6.07) is 9.12. The molecule has 1 heterocycles. The van der Waals surface area contributed by atoms with Crippen molar-refractivity contribution in [2.75, 3.05) is 5.32 Å². The fourth-order valence-electron chi connectivity index (χ4n) is 1.69. The molecule has 0 amide bonds. The van der Waals surface area contributed by atoms with Crippen LogP contribution >= 0.6 is 11.5 Å². The summed E-state index contributed by atoms with van der Waals surface area (Å²) in [5.41, 5.74) is 2.45. The van der Waals surface area contributed by atoms with E-state index in [1.807, 2.05) is 0 Å². The van der Waals surface area contributed by atoms with Crippen molar-refractivity contribution >= 4 is 16.7 Å². The van der Waals surface area contributed by atoms with Gasteiger partial charge in [-0.3, -0.25) is 0 Å². The van der Waals surface area contributed by atoms with E-state index in [1.165, 1.54) is 29.9 Å². The highest BCUT2D eigenvalue weighted by Crippen LogP contribution is 2.27. The standard InChI is InChI=1S/C13H15N3S/c1-2-9-3-5-10(6-4-9)12-15-13(17-16-12)14-11-7-8-11/h3-6,11H,2,7-8H2,1H3,(H,14,15,16). The maximum atomic E-state index is 4.51. The topological polar surface area (TPSA) is 37.8 Å². The SMILES string of the molecule is CCc1ccc(-c2nsc(NC3CC3)n2)cc1. The fourth-order valence-corrected chi connectivity index (χ4v) is 2.36. The Morgan fingerprint density at radius 1 is 1.29 bits per heavy atom. The monoisotopic (exact) mass is 245 g/mol. The molecule has 1 fully saturated rings. The number of rotatable bonds is 4. The highest BCUT2D eigenvalue weighted by atomic mass is 32.1. The van der Waals surface area contributed by atoms with Crippen molar-refractivity contribution in [3.63, 3.8) is 0 Å². The molecule has 3 nitrogen and oxygen atoms in total. The first kappa shape index (κ1) is 10.7. The maximum absolute atomic E-state index is 4.51. The summed E-state index contributed by atoms with van der Waals surface area (Å²) in [6.45, 7) is 2.16. The third-order valence-electron chi connectivity index (χ3n) is 2.95. The average Bonchev–Trinajstić information content (AvgIpc) is 3.06.